The van der Waals surface area contributed by atoms with Crippen molar-refractivity contribution in [2.45, 2.75) is 64.0 Å². The molecule has 1 saturated heterocycles. The number of nitrogens with zero attached hydrogens (tertiary/aromatic N) is 1. The lowest BCUT2D eigenvalue weighted by molar-refractivity contribution is -0.175. The normalized spacial score (nSPS) is 18.8. The molecule has 5 nitrogen and oxygen atoms in total. The molecule has 40 heavy (non-hydrogen) atoms. The number of rotatable bonds is 8. The highest BCUT2D eigenvalue weighted by molar-refractivity contribution is 6.00. The van der Waals surface area contributed by atoms with Crippen molar-refractivity contribution in [3.8, 4) is 0 Å². The van der Waals surface area contributed by atoms with E-state index in [1.807, 2.05) is 18.7 Å². The van der Waals surface area contributed by atoms with Gasteiger partial charge < -0.3 is 9.47 Å². The SMILES string of the molecule is COC(=O)C1(C(=O)OC)CCN(C(CCC(C)C)c2ccc(C(F)(F)F)cc2)C(c2ccc(C(F)(F)F)cc2)C1. The molecule has 0 amide bonds. The molecule has 3 rings (SSSR count). The van der Waals surface area contributed by atoms with E-state index in [4.69, 9.17) is 9.47 Å². The fourth-order valence-corrected chi connectivity index (χ4v) is 5.36. The number of hydrogen-bond acceptors (Lipinski definition) is 5. The maximum absolute atomic E-state index is 13.3. The second kappa shape index (κ2) is 12.2. The van der Waals surface area contributed by atoms with Gasteiger partial charge in [-0.25, -0.2) is 0 Å². The van der Waals surface area contributed by atoms with Crippen LogP contribution in [0.15, 0.2) is 48.5 Å². The summed E-state index contributed by atoms with van der Waals surface area (Å²) >= 11 is 0. The van der Waals surface area contributed by atoms with Crippen LogP contribution in [0.25, 0.3) is 0 Å². The fourth-order valence-electron chi connectivity index (χ4n) is 5.36. The van der Waals surface area contributed by atoms with Crippen molar-refractivity contribution in [2.24, 2.45) is 11.3 Å². The van der Waals surface area contributed by atoms with Crippen molar-refractivity contribution >= 4 is 11.9 Å². The predicted octanol–water partition coefficient (Wildman–Crippen LogP) is 7.37. The smallest absolute Gasteiger partial charge is 0.416 e. The molecule has 0 aliphatic carbocycles. The average molecular weight is 574 g/mol. The minimum Gasteiger partial charge on any atom is -0.468 e. The first kappa shape index (κ1) is 31.4. The van der Waals surface area contributed by atoms with E-state index in [-0.39, 0.29) is 25.3 Å². The Balaban J connectivity index is 2.13. The Morgan fingerprint density at radius 2 is 1.32 bits per heavy atom. The number of carbonyl (C=O) groups is 2. The monoisotopic (exact) mass is 573 g/mol. The third-order valence-corrected chi connectivity index (χ3v) is 7.55. The summed E-state index contributed by atoms with van der Waals surface area (Å²) in [6.45, 7) is 4.15. The number of halogens is 6. The largest absolute Gasteiger partial charge is 0.468 e. The molecule has 2 unspecified atom stereocenters. The standard InChI is InChI=1S/C29H33F6NO4/c1-18(2)5-14-23(19-6-10-21(11-7-19)28(30,31)32)36-16-15-27(25(37)39-3,26(38)40-4)17-24(36)20-8-12-22(13-9-20)29(33,34)35/h6-13,18,23-24H,5,14-17H2,1-4H3. The number of methoxy groups -OCH3 is 2. The van der Waals surface area contributed by atoms with E-state index in [9.17, 15) is 35.9 Å². The van der Waals surface area contributed by atoms with E-state index in [1.165, 1.54) is 24.3 Å². The quantitative estimate of drug-likeness (QED) is 0.188. The first-order valence-electron chi connectivity index (χ1n) is 12.9. The van der Waals surface area contributed by atoms with Crippen LogP contribution in [0.3, 0.4) is 0 Å². The summed E-state index contributed by atoms with van der Waals surface area (Å²) in [5, 5.41) is 0. The van der Waals surface area contributed by atoms with Crippen LogP contribution in [0.1, 0.15) is 73.9 Å². The molecular weight excluding hydrogens is 540 g/mol. The molecule has 1 aliphatic heterocycles. The van der Waals surface area contributed by atoms with Crippen LogP contribution < -0.4 is 0 Å². The number of carbonyl (C=O) groups excluding carboxylic acids is 2. The van der Waals surface area contributed by atoms with Gasteiger partial charge >= 0.3 is 24.3 Å². The summed E-state index contributed by atoms with van der Waals surface area (Å²) in [5.74, 6) is -1.37. The van der Waals surface area contributed by atoms with Gasteiger partial charge in [-0.1, -0.05) is 38.1 Å². The highest BCUT2D eigenvalue weighted by Gasteiger charge is 2.54. The molecule has 0 spiro atoms. The van der Waals surface area contributed by atoms with Gasteiger partial charge in [0.2, 0.25) is 0 Å². The van der Waals surface area contributed by atoms with Gasteiger partial charge in [-0.3, -0.25) is 14.5 Å². The Morgan fingerprint density at radius 3 is 1.75 bits per heavy atom. The molecule has 2 atom stereocenters. The summed E-state index contributed by atoms with van der Waals surface area (Å²) in [6, 6.07) is 8.10. The Kier molecular flexibility index (Phi) is 9.59. The molecular formula is C29H33F6NO4. The van der Waals surface area contributed by atoms with Gasteiger partial charge in [0, 0.05) is 18.6 Å². The first-order chi connectivity index (χ1) is 18.6. The average Bonchev–Trinajstić information content (AvgIpc) is 2.91. The van der Waals surface area contributed by atoms with E-state index in [0.717, 1.165) is 38.5 Å². The topological polar surface area (TPSA) is 55.8 Å². The maximum atomic E-state index is 13.3. The number of ether oxygens (including phenoxy) is 2. The van der Waals surface area contributed by atoms with Crippen LogP contribution in [0.5, 0.6) is 0 Å². The molecule has 1 aliphatic rings. The number of benzene rings is 2. The van der Waals surface area contributed by atoms with Crippen LogP contribution in [0, 0.1) is 11.3 Å². The van der Waals surface area contributed by atoms with Gasteiger partial charge in [0.25, 0.3) is 0 Å². The molecule has 0 bridgehead atoms. The van der Waals surface area contributed by atoms with Gasteiger partial charge in [0.1, 0.15) is 0 Å². The molecule has 0 N–H and O–H groups in total. The lowest BCUT2D eigenvalue weighted by Crippen LogP contribution is -2.52. The van der Waals surface area contributed by atoms with Crippen LogP contribution >= 0.6 is 0 Å². The molecule has 0 aromatic heterocycles. The van der Waals surface area contributed by atoms with Crippen molar-refractivity contribution in [1.82, 2.24) is 4.90 Å². The third-order valence-electron chi connectivity index (χ3n) is 7.55. The lowest BCUT2D eigenvalue weighted by Gasteiger charge is -2.47. The number of likely N-dealkylation sites (tertiary alicyclic amines) is 1. The number of piperidine rings is 1. The van der Waals surface area contributed by atoms with E-state index in [1.54, 1.807) is 0 Å². The van der Waals surface area contributed by atoms with Crippen LogP contribution in [-0.2, 0) is 31.4 Å². The van der Waals surface area contributed by atoms with E-state index in [2.05, 4.69) is 0 Å². The summed E-state index contributed by atoms with van der Waals surface area (Å²) in [4.78, 5) is 27.9. The predicted molar refractivity (Wildman–Crippen MR) is 135 cm³/mol. The molecule has 0 radical (unpaired) electrons. The minimum absolute atomic E-state index is 0.00228. The van der Waals surface area contributed by atoms with Crippen molar-refractivity contribution in [3.63, 3.8) is 0 Å². The Labute approximate surface area is 229 Å². The highest BCUT2D eigenvalue weighted by atomic mass is 19.4. The molecule has 2 aromatic rings. The maximum Gasteiger partial charge on any atom is 0.416 e. The second-order valence-corrected chi connectivity index (χ2v) is 10.5. The van der Waals surface area contributed by atoms with E-state index >= 15 is 0 Å². The molecule has 220 valence electrons. The van der Waals surface area contributed by atoms with Crippen LogP contribution in [0.4, 0.5) is 26.3 Å². The lowest BCUT2D eigenvalue weighted by atomic mass is 9.72. The minimum atomic E-state index is -4.56. The van der Waals surface area contributed by atoms with Crippen LogP contribution in [0.2, 0.25) is 0 Å². The molecule has 1 heterocycles. The van der Waals surface area contributed by atoms with Crippen molar-refractivity contribution in [1.29, 1.82) is 0 Å². The molecule has 1 fully saturated rings. The van der Waals surface area contributed by atoms with Gasteiger partial charge in [0.15, 0.2) is 5.41 Å². The summed E-state index contributed by atoms with van der Waals surface area (Å²) in [7, 11) is 2.28. The van der Waals surface area contributed by atoms with Crippen molar-refractivity contribution < 1.29 is 45.4 Å². The second-order valence-electron chi connectivity index (χ2n) is 10.5. The third kappa shape index (κ3) is 6.79. The molecule has 2 aromatic carbocycles. The van der Waals surface area contributed by atoms with E-state index < -0.39 is 52.9 Å². The highest BCUT2D eigenvalue weighted by Crippen LogP contribution is 2.48. The van der Waals surface area contributed by atoms with Gasteiger partial charge in [-0.2, -0.15) is 26.3 Å². The van der Waals surface area contributed by atoms with Crippen LogP contribution in [-0.4, -0.2) is 37.6 Å². The van der Waals surface area contributed by atoms with E-state index in [0.29, 0.717) is 24.0 Å². The van der Waals surface area contributed by atoms with Gasteiger partial charge in [-0.05, 0) is 67.0 Å². The number of esters is 2. The van der Waals surface area contributed by atoms with Gasteiger partial charge in [0.05, 0.1) is 25.3 Å². The number of hydrogen-bond donors (Lipinski definition) is 0. The Bertz CT molecular complexity index is 1140. The van der Waals surface area contributed by atoms with Crippen molar-refractivity contribution in [2.75, 3.05) is 20.8 Å². The Morgan fingerprint density at radius 1 is 0.850 bits per heavy atom. The molecule has 0 saturated carbocycles. The zero-order valence-electron chi connectivity index (χ0n) is 22.7. The zero-order chi connectivity index (χ0) is 29.9. The van der Waals surface area contributed by atoms with Crippen molar-refractivity contribution in [3.05, 3.63) is 70.8 Å². The zero-order valence-corrected chi connectivity index (χ0v) is 22.7. The fraction of sp³-hybridized carbons (Fsp3) is 0.517. The van der Waals surface area contributed by atoms with Gasteiger partial charge in [-0.15, -0.1) is 0 Å². The summed E-state index contributed by atoms with van der Waals surface area (Å²) in [6.07, 6.45) is -7.98. The Hall–Kier alpha value is -3.08. The molecule has 11 heteroatoms. The summed E-state index contributed by atoms with van der Waals surface area (Å²) in [5.41, 5.74) is -2.34. The summed E-state index contributed by atoms with van der Waals surface area (Å²) < 4.78 is 89.6. The number of alkyl halides is 6. The first-order valence-corrected chi connectivity index (χ1v) is 12.9.